The van der Waals surface area contributed by atoms with Crippen LogP contribution in [0.3, 0.4) is 0 Å². The Labute approximate surface area is 57.6 Å². The van der Waals surface area contributed by atoms with Gasteiger partial charge >= 0.3 is 18.9 Å². The molecule has 0 aromatic heterocycles. The zero-order valence-electron chi connectivity index (χ0n) is 4.16. The van der Waals surface area contributed by atoms with E-state index in [2.05, 4.69) is 0 Å². The fourth-order valence-electron chi connectivity index (χ4n) is 0. The molecular formula is H6LiO6P. The first-order chi connectivity index (χ1) is 2.00. The summed E-state index contributed by atoms with van der Waals surface area (Å²) in [4.78, 5) is 22.9. The molecule has 0 saturated carbocycles. The molecule has 0 aliphatic carbocycles. The van der Waals surface area contributed by atoms with E-state index in [0.717, 1.165) is 0 Å². The topological polar surface area (TPSA) is 144 Å². The first-order valence-electron chi connectivity index (χ1n) is 0.765. The fraction of sp³-hybridized carbons (Fsp3) is 0. The summed E-state index contributed by atoms with van der Waals surface area (Å²) in [6, 6.07) is 0. The molecule has 0 saturated heterocycles. The second-order valence-corrected chi connectivity index (χ2v) is 1.47. The van der Waals surface area contributed by atoms with Crippen LogP contribution in [-0.2, 0) is 4.57 Å². The molecule has 8 heavy (non-hydrogen) atoms. The summed E-state index contributed by atoms with van der Waals surface area (Å²) >= 11 is 0. The second kappa shape index (κ2) is 7.63. The SMILES string of the molecule is O.O.O=P([O-])(O)O.[Li+]. The summed E-state index contributed by atoms with van der Waals surface area (Å²) in [6.45, 7) is 0. The molecule has 0 amide bonds. The van der Waals surface area contributed by atoms with Crippen molar-refractivity contribution < 1.29 is 49.1 Å². The van der Waals surface area contributed by atoms with Crippen LogP contribution in [0.15, 0.2) is 0 Å². The van der Waals surface area contributed by atoms with Gasteiger partial charge in [0, 0.05) is 0 Å². The predicted molar refractivity (Wildman–Crippen MR) is 19.3 cm³/mol. The van der Waals surface area contributed by atoms with Crippen molar-refractivity contribution in [2.24, 2.45) is 0 Å². The molecule has 0 spiro atoms. The van der Waals surface area contributed by atoms with Crippen molar-refractivity contribution in [3.8, 4) is 0 Å². The molecule has 0 aliphatic heterocycles. The van der Waals surface area contributed by atoms with Crippen LogP contribution >= 0.6 is 7.82 Å². The van der Waals surface area contributed by atoms with Gasteiger partial charge in [-0.3, -0.25) is 4.57 Å². The van der Waals surface area contributed by atoms with Crippen LogP contribution in [0.4, 0.5) is 0 Å². The largest absolute Gasteiger partial charge is 1.00 e. The van der Waals surface area contributed by atoms with Crippen molar-refractivity contribution in [1.29, 1.82) is 0 Å². The monoisotopic (exact) mass is 140 g/mol. The summed E-state index contributed by atoms with van der Waals surface area (Å²) in [5.74, 6) is 0. The number of phosphoric acid groups is 1. The summed E-state index contributed by atoms with van der Waals surface area (Å²) in [6.07, 6.45) is 0. The van der Waals surface area contributed by atoms with Crippen LogP contribution in [0, 0.1) is 0 Å². The van der Waals surface area contributed by atoms with Crippen LogP contribution in [0.1, 0.15) is 0 Å². The maximum absolute atomic E-state index is 8.77. The summed E-state index contributed by atoms with van der Waals surface area (Å²) in [5, 5.41) is 0. The first-order valence-corrected chi connectivity index (χ1v) is 2.30. The van der Waals surface area contributed by atoms with Crippen LogP contribution in [0.5, 0.6) is 0 Å². The zero-order valence-corrected chi connectivity index (χ0v) is 5.05. The summed E-state index contributed by atoms with van der Waals surface area (Å²) < 4.78 is 8.77. The van der Waals surface area contributed by atoms with E-state index in [0.29, 0.717) is 0 Å². The van der Waals surface area contributed by atoms with E-state index in [9.17, 15) is 0 Å². The quantitative estimate of drug-likeness (QED) is 0.254. The van der Waals surface area contributed by atoms with Crippen molar-refractivity contribution in [3.63, 3.8) is 0 Å². The first kappa shape index (κ1) is 23.4. The smallest absolute Gasteiger partial charge is 0.756 e. The minimum atomic E-state index is -4.89. The molecule has 0 aromatic rings. The van der Waals surface area contributed by atoms with Crippen LogP contribution in [-0.4, -0.2) is 20.7 Å². The standard InChI is InChI=1S/Li.H3O4P.2H2O/c;1-5(2,3)4;;/h;(H3,1,2,3,4);2*1H2/q+1;;;/p-1. The van der Waals surface area contributed by atoms with Crippen LogP contribution in [0.25, 0.3) is 0 Å². The minimum Gasteiger partial charge on any atom is -0.756 e. The molecule has 0 radical (unpaired) electrons. The van der Waals surface area contributed by atoms with Crippen LogP contribution < -0.4 is 23.8 Å². The van der Waals surface area contributed by atoms with E-state index < -0.39 is 7.82 Å². The zero-order chi connectivity index (χ0) is 4.50. The van der Waals surface area contributed by atoms with Crippen molar-refractivity contribution in [2.75, 3.05) is 0 Å². The molecule has 0 bridgehead atoms. The van der Waals surface area contributed by atoms with Gasteiger partial charge in [-0.15, -0.1) is 0 Å². The maximum Gasteiger partial charge on any atom is 1.00 e. The van der Waals surface area contributed by atoms with Gasteiger partial charge in [-0.2, -0.15) is 0 Å². The Balaban J connectivity index is -0.0000000267. The number of hydrogen-bond donors (Lipinski definition) is 2. The third kappa shape index (κ3) is 533. The Bertz CT molecular complexity index is 54.7. The molecule has 48 valence electrons. The van der Waals surface area contributed by atoms with Crippen molar-refractivity contribution in [2.45, 2.75) is 0 Å². The van der Waals surface area contributed by atoms with Gasteiger partial charge < -0.3 is 25.6 Å². The molecule has 0 aromatic carbocycles. The van der Waals surface area contributed by atoms with Gasteiger partial charge in [0.15, 0.2) is 0 Å². The van der Waals surface area contributed by atoms with Gasteiger partial charge in [-0.25, -0.2) is 0 Å². The molecule has 0 aliphatic rings. The Morgan fingerprint density at radius 1 is 1.25 bits per heavy atom. The van der Waals surface area contributed by atoms with Gasteiger partial charge in [0.05, 0.1) is 0 Å². The average molecular weight is 140 g/mol. The van der Waals surface area contributed by atoms with Crippen LogP contribution in [0.2, 0.25) is 0 Å². The normalized spacial score (nSPS) is 7.38. The van der Waals surface area contributed by atoms with E-state index in [1.807, 2.05) is 0 Å². The molecule has 8 heteroatoms. The molecule has 0 heterocycles. The van der Waals surface area contributed by atoms with Crippen molar-refractivity contribution >= 4 is 7.82 Å². The predicted octanol–water partition coefficient (Wildman–Crippen LogP) is -6.21. The molecule has 6 N–H and O–H groups in total. The molecule has 0 rings (SSSR count). The van der Waals surface area contributed by atoms with Gasteiger partial charge in [0.2, 0.25) is 0 Å². The third-order valence-corrected chi connectivity index (χ3v) is 0. The van der Waals surface area contributed by atoms with Crippen molar-refractivity contribution in [3.05, 3.63) is 0 Å². The summed E-state index contributed by atoms with van der Waals surface area (Å²) in [5.41, 5.74) is 0. The molecule has 0 unspecified atom stereocenters. The molecular weight excluding hydrogens is 134 g/mol. The number of hydrogen-bond acceptors (Lipinski definition) is 2. The van der Waals surface area contributed by atoms with Gasteiger partial charge in [0.25, 0.3) is 7.82 Å². The maximum atomic E-state index is 8.77. The van der Waals surface area contributed by atoms with E-state index in [4.69, 9.17) is 19.2 Å². The third-order valence-electron chi connectivity index (χ3n) is 0. The van der Waals surface area contributed by atoms with Crippen molar-refractivity contribution in [1.82, 2.24) is 0 Å². The summed E-state index contributed by atoms with van der Waals surface area (Å²) in [7, 11) is -4.89. The minimum absolute atomic E-state index is 0. The van der Waals surface area contributed by atoms with E-state index in [-0.39, 0.29) is 29.8 Å². The average Bonchev–Trinajstić information content (AvgIpc) is 0.722. The van der Waals surface area contributed by atoms with Gasteiger partial charge in [-0.1, -0.05) is 0 Å². The van der Waals surface area contributed by atoms with E-state index in [1.54, 1.807) is 0 Å². The van der Waals surface area contributed by atoms with E-state index in [1.165, 1.54) is 0 Å². The Kier molecular flexibility index (Phi) is 22.3. The fourth-order valence-corrected chi connectivity index (χ4v) is 0. The molecule has 0 atom stereocenters. The number of rotatable bonds is 0. The Morgan fingerprint density at radius 2 is 1.25 bits per heavy atom. The van der Waals surface area contributed by atoms with Gasteiger partial charge in [0.1, 0.15) is 0 Å². The second-order valence-electron chi connectivity index (χ2n) is 0.491. The van der Waals surface area contributed by atoms with Gasteiger partial charge in [-0.05, 0) is 0 Å². The Hall–Kier alpha value is 0.627. The van der Waals surface area contributed by atoms with E-state index >= 15 is 0 Å². The Morgan fingerprint density at radius 3 is 1.25 bits per heavy atom. The molecule has 6 nitrogen and oxygen atoms in total. The molecule has 0 fully saturated rings.